The van der Waals surface area contributed by atoms with Gasteiger partial charge in [-0.3, -0.25) is 0 Å². The van der Waals surface area contributed by atoms with Gasteiger partial charge in [-0.05, 0) is 0 Å². The summed E-state index contributed by atoms with van der Waals surface area (Å²) < 4.78 is 2.98. The zero-order valence-electron chi connectivity index (χ0n) is 10.7. The van der Waals surface area contributed by atoms with Crippen molar-refractivity contribution in [1.82, 2.24) is 4.90 Å². The summed E-state index contributed by atoms with van der Waals surface area (Å²) in [5.41, 5.74) is 0. The van der Waals surface area contributed by atoms with Gasteiger partial charge in [-0.15, -0.1) is 0 Å². The number of hydrogen-bond donors (Lipinski definition) is 0. The van der Waals surface area contributed by atoms with Crippen molar-refractivity contribution in [2.45, 2.75) is 55.6 Å². The molecule has 10 atom stereocenters. The van der Waals surface area contributed by atoms with Crippen molar-refractivity contribution in [2.24, 2.45) is 0 Å². The number of halogens is 2. The molecule has 0 N–H and O–H groups in total. The minimum atomic E-state index is -3.09. The predicted octanol–water partition coefficient (Wildman–Crippen LogP) is 4.38. The van der Waals surface area contributed by atoms with Crippen LogP contribution >= 0.6 is 45.2 Å². The van der Waals surface area contributed by atoms with Crippen LogP contribution in [-0.4, -0.2) is 29.7 Å². The molecular weight excluding hydrogens is 492 g/mol. The van der Waals surface area contributed by atoms with Crippen LogP contribution in [0, 0.1) is 0 Å². The van der Waals surface area contributed by atoms with Crippen LogP contribution < -0.4 is 0 Å². The molecule has 10 aliphatic heterocycles. The first-order valence-corrected chi connectivity index (χ1v) is 15.7. The molecule has 18 heavy (non-hydrogen) atoms. The number of nitrogens with zero attached hydrogens (tertiary/aromatic N) is 1. The Balaban J connectivity index is 1.66. The molecule has 1 spiro atoms. The Morgan fingerprint density at radius 3 is 1.78 bits per heavy atom. The summed E-state index contributed by atoms with van der Waals surface area (Å²) in [6.07, 6.45) is 0. The predicted molar refractivity (Wildman–Crippen MR) is 85.6 cm³/mol. The third-order valence-electron chi connectivity index (χ3n) is 16.1. The molecule has 0 aromatic rings. The van der Waals surface area contributed by atoms with Gasteiger partial charge in [0.15, 0.2) is 0 Å². The summed E-state index contributed by atoms with van der Waals surface area (Å²) in [4.78, 5) is 12.5. The summed E-state index contributed by atoms with van der Waals surface area (Å²) in [7, 11) is 4.74. The molecule has 0 radical (unpaired) electrons. The molecule has 0 bridgehead atoms. The normalized spacial score (nSPS) is 124. The van der Waals surface area contributed by atoms with Crippen molar-refractivity contribution in [3.05, 3.63) is 0 Å². The summed E-state index contributed by atoms with van der Waals surface area (Å²) in [6, 6.07) is 0.921. The number of alkyl halides is 2. The average Bonchev–Trinajstić information content (AvgIpc) is 3.25. The second-order valence-corrected chi connectivity index (χ2v) is 39.7. The van der Waals surface area contributed by atoms with E-state index in [1.54, 1.807) is 0 Å². The number of fused-ring (bicyclic) bond motifs is 10. The second kappa shape index (κ2) is 0.721. The van der Waals surface area contributed by atoms with E-state index in [9.17, 15) is 0 Å². The monoisotopic (exact) mass is 509 g/mol. The standard InChI is InChI=1S/C9H13IN.C5H4I.Fe/c1-7(11(2)3)8-5-4-6-9(8)10;6-5-3-1-2-4-5;/h4-7H,1-3H3;1-4H;/t7-;;/m1../s1. The van der Waals surface area contributed by atoms with Crippen LogP contribution in [0.15, 0.2) is 0 Å². The van der Waals surface area contributed by atoms with E-state index in [1.165, 1.54) is 33.7 Å². The van der Waals surface area contributed by atoms with Gasteiger partial charge < -0.3 is 0 Å². The molecule has 10 aliphatic rings. The van der Waals surface area contributed by atoms with Gasteiger partial charge in [-0.1, -0.05) is 0 Å². The fourth-order valence-corrected chi connectivity index (χ4v) is 132. The molecule has 10 saturated heterocycles. The van der Waals surface area contributed by atoms with Gasteiger partial charge in [0.1, 0.15) is 0 Å². The Morgan fingerprint density at radius 2 is 1.61 bits per heavy atom. The van der Waals surface area contributed by atoms with E-state index in [0.29, 0.717) is 0 Å². The van der Waals surface area contributed by atoms with E-state index >= 15 is 0 Å². The van der Waals surface area contributed by atoms with E-state index in [-0.39, 0.29) is 0 Å². The minimum absolute atomic E-state index is 0.921. The molecule has 10 heterocycles. The Hall–Kier alpha value is 1.94. The third kappa shape index (κ3) is 0.0811. The Bertz CT molecular complexity index is 1090. The SMILES string of the molecule is C[C@@H](N(C)C)[C@@]12[CH]3[CH]4[CH]5[C]1(I)[Fe]45321678[CH]2[CH]1[CH]6[C]7(I)[CH]28. The summed E-state index contributed by atoms with van der Waals surface area (Å²) in [5, 5.41) is 0. The van der Waals surface area contributed by atoms with Crippen LogP contribution in [0.5, 0.6) is 0 Å². The third-order valence-corrected chi connectivity index (χ3v) is 79.4. The summed E-state index contributed by atoms with van der Waals surface area (Å²) in [6.45, 7) is -0.462. The fourth-order valence-electron chi connectivity index (χ4n) is 18.0. The maximum absolute atomic E-state index is 3.14. The Morgan fingerprint density at radius 1 is 1.00 bits per heavy atom. The summed E-state index contributed by atoms with van der Waals surface area (Å²) >= 11 is 6.25. The molecule has 0 aromatic heterocycles. The van der Waals surface area contributed by atoms with Gasteiger partial charge >= 0.3 is 126 Å². The van der Waals surface area contributed by atoms with Crippen LogP contribution in [0.1, 0.15) is 6.92 Å². The number of hydrogen-bond acceptors (Lipinski definition) is 1. The second-order valence-electron chi connectivity index (χ2n) is 11.4. The first-order chi connectivity index (χ1) is 8.18. The zero-order chi connectivity index (χ0) is 12.0. The van der Waals surface area contributed by atoms with Gasteiger partial charge in [0, 0.05) is 0 Å². The molecule has 1 nitrogen and oxygen atoms in total. The molecular formula is C14H17FeI2N. The quantitative estimate of drug-likeness (QED) is 0.304. The van der Waals surface area contributed by atoms with Gasteiger partial charge in [-0.2, -0.15) is 0 Å². The van der Waals surface area contributed by atoms with E-state index in [0.717, 1.165) is 15.0 Å². The van der Waals surface area contributed by atoms with Gasteiger partial charge in [-0.25, -0.2) is 0 Å². The fraction of sp³-hybridized carbons (Fsp3) is 1.00. The van der Waals surface area contributed by atoms with Crippen LogP contribution in [0.2, 0.25) is 38.0 Å². The number of rotatable bonds is 2. The van der Waals surface area contributed by atoms with Gasteiger partial charge in [0.2, 0.25) is 0 Å². The van der Waals surface area contributed by atoms with E-state index in [1.807, 2.05) is 0 Å². The van der Waals surface area contributed by atoms with E-state index < -0.39 is 6.51 Å². The van der Waals surface area contributed by atoms with Crippen molar-refractivity contribution < 1.29 is 6.51 Å². The summed E-state index contributed by atoms with van der Waals surface area (Å²) in [5.74, 6) is 0. The van der Waals surface area contributed by atoms with Crippen molar-refractivity contribution in [3.63, 3.8) is 0 Å². The van der Waals surface area contributed by atoms with Gasteiger partial charge in [0.05, 0.1) is 0 Å². The van der Waals surface area contributed by atoms with Crippen LogP contribution in [0.3, 0.4) is 0 Å². The molecule has 10 rings (SSSR count). The topological polar surface area (TPSA) is 3.24 Å². The average molecular weight is 509 g/mol. The van der Waals surface area contributed by atoms with Crippen molar-refractivity contribution in [2.75, 3.05) is 14.1 Å². The zero-order valence-corrected chi connectivity index (χ0v) is 16.1. The Labute approximate surface area is 125 Å². The Kier molecular flexibility index (Phi) is 0.342. The molecule has 4 heteroatoms. The van der Waals surface area contributed by atoms with Crippen molar-refractivity contribution in [1.29, 1.82) is 0 Å². The van der Waals surface area contributed by atoms with Crippen LogP contribution in [-0.2, 0) is 6.51 Å². The van der Waals surface area contributed by atoms with Crippen molar-refractivity contribution >= 4 is 45.2 Å². The first-order valence-electron chi connectivity index (χ1n) is 7.43. The van der Waals surface area contributed by atoms with Crippen LogP contribution in [0.4, 0.5) is 0 Å². The molecule has 0 saturated carbocycles. The van der Waals surface area contributed by atoms with Crippen molar-refractivity contribution in [3.8, 4) is 0 Å². The first kappa shape index (κ1) is 8.54. The molecule has 0 aromatic carbocycles. The van der Waals surface area contributed by atoms with E-state index in [4.69, 9.17) is 0 Å². The van der Waals surface area contributed by atoms with Crippen LogP contribution in [0.25, 0.3) is 0 Å². The van der Waals surface area contributed by atoms with E-state index in [2.05, 4.69) is 71.1 Å². The molecule has 100 valence electrons. The van der Waals surface area contributed by atoms with Gasteiger partial charge in [0.25, 0.3) is 0 Å². The molecule has 0 aliphatic carbocycles. The molecule has 8 unspecified atom stereocenters. The maximum atomic E-state index is 3.14. The molecule has 10 fully saturated rings. The molecule has 0 amide bonds.